The Morgan fingerprint density at radius 2 is 2.25 bits per heavy atom. The first kappa shape index (κ1) is 18.8. The highest BCUT2D eigenvalue weighted by molar-refractivity contribution is 7.89. The molecule has 28 heavy (non-hydrogen) atoms. The summed E-state index contributed by atoms with van der Waals surface area (Å²) in [6, 6.07) is 3.18. The van der Waals surface area contributed by atoms with Gasteiger partial charge in [-0.15, -0.1) is 0 Å². The molecule has 10 heteroatoms. The zero-order valence-corrected chi connectivity index (χ0v) is 16.3. The summed E-state index contributed by atoms with van der Waals surface area (Å²) < 4.78 is 39.7. The predicted molar refractivity (Wildman–Crippen MR) is 99.8 cm³/mol. The molecule has 4 rings (SSSR count). The predicted octanol–water partition coefficient (Wildman–Crippen LogP) is 1.72. The van der Waals surface area contributed by atoms with Crippen LogP contribution in [0.2, 0.25) is 0 Å². The Kier molecular flexibility index (Phi) is 5.25. The van der Waals surface area contributed by atoms with Crippen molar-refractivity contribution >= 4 is 10.0 Å². The third-order valence-electron chi connectivity index (χ3n) is 4.76. The molecule has 0 atom stereocenters. The van der Waals surface area contributed by atoms with E-state index in [-0.39, 0.29) is 11.4 Å². The Bertz CT molecular complexity index is 1030. The van der Waals surface area contributed by atoms with E-state index in [0.29, 0.717) is 37.5 Å². The SMILES string of the molecule is COCCCn1nc(-c2cocn2)c2c1CCN(S(=O)(=O)c1cccnc1)C2. The fourth-order valence-electron chi connectivity index (χ4n) is 3.40. The van der Waals surface area contributed by atoms with Crippen LogP contribution in [0.5, 0.6) is 0 Å². The Hall–Kier alpha value is -2.56. The van der Waals surface area contributed by atoms with Crippen LogP contribution in [-0.2, 0) is 34.3 Å². The topological polar surface area (TPSA) is 103 Å². The van der Waals surface area contributed by atoms with E-state index in [9.17, 15) is 8.42 Å². The maximum Gasteiger partial charge on any atom is 0.244 e. The average molecular weight is 403 g/mol. The van der Waals surface area contributed by atoms with E-state index in [4.69, 9.17) is 14.3 Å². The second-order valence-corrected chi connectivity index (χ2v) is 8.43. The lowest BCUT2D eigenvalue weighted by Gasteiger charge is -2.27. The van der Waals surface area contributed by atoms with Crippen LogP contribution in [0.15, 0.2) is 46.5 Å². The smallest absolute Gasteiger partial charge is 0.244 e. The first-order valence-electron chi connectivity index (χ1n) is 8.97. The maximum absolute atomic E-state index is 13.0. The summed E-state index contributed by atoms with van der Waals surface area (Å²) in [6.07, 6.45) is 7.19. The van der Waals surface area contributed by atoms with Crippen molar-refractivity contribution in [2.75, 3.05) is 20.3 Å². The average Bonchev–Trinajstić information content (AvgIpc) is 3.36. The first-order chi connectivity index (χ1) is 13.6. The van der Waals surface area contributed by atoms with Gasteiger partial charge in [0.1, 0.15) is 22.5 Å². The van der Waals surface area contributed by atoms with Crippen LogP contribution in [0.1, 0.15) is 17.7 Å². The molecule has 0 aromatic carbocycles. The largest absolute Gasteiger partial charge is 0.451 e. The van der Waals surface area contributed by atoms with Gasteiger partial charge in [-0.25, -0.2) is 13.4 Å². The van der Waals surface area contributed by atoms with Crippen molar-refractivity contribution in [2.24, 2.45) is 0 Å². The van der Waals surface area contributed by atoms with Crippen molar-refractivity contribution in [1.82, 2.24) is 24.1 Å². The van der Waals surface area contributed by atoms with Gasteiger partial charge in [-0.05, 0) is 18.6 Å². The summed E-state index contributed by atoms with van der Waals surface area (Å²) in [7, 11) is -1.96. The van der Waals surface area contributed by atoms with E-state index >= 15 is 0 Å². The van der Waals surface area contributed by atoms with Gasteiger partial charge in [0, 0.05) is 63.4 Å². The lowest BCUT2D eigenvalue weighted by Crippen LogP contribution is -2.36. The van der Waals surface area contributed by atoms with Gasteiger partial charge in [-0.2, -0.15) is 9.40 Å². The van der Waals surface area contributed by atoms with Crippen LogP contribution >= 0.6 is 0 Å². The number of aromatic nitrogens is 4. The van der Waals surface area contributed by atoms with Crippen LogP contribution in [0.4, 0.5) is 0 Å². The minimum atomic E-state index is -3.63. The summed E-state index contributed by atoms with van der Waals surface area (Å²) in [5.41, 5.74) is 3.16. The molecule has 0 amide bonds. The molecule has 0 N–H and O–H groups in total. The number of sulfonamides is 1. The first-order valence-corrected chi connectivity index (χ1v) is 10.4. The van der Waals surface area contributed by atoms with Crippen molar-refractivity contribution in [3.63, 3.8) is 0 Å². The molecule has 3 aromatic heterocycles. The summed E-state index contributed by atoms with van der Waals surface area (Å²) >= 11 is 0. The Morgan fingerprint density at radius 1 is 1.36 bits per heavy atom. The molecular weight excluding hydrogens is 382 g/mol. The van der Waals surface area contributed by atoms with E-state index in [2.05, 4.69) is 9.97 Å². The molecule has 1 aliphatic heterocycles. The van der Waals surface area contributed by atoms with E-state index in [0.717, 1.165) is 17.7 Å². The van der Waals surface area contributed by atoms with Crippen LogP contribution in [0, 0.1) is 0 Å². The second-order valence-electron chi connectivity index (χ2n) is 6.49. The van der Waals surface area contributed by atoms with Gasteiger partial charge < -0.3 is 9.15 Å². The molecule has 0 saturated carbocycles. The van der Waals surface area contributed by atoms with Gasteiger partial charge in [-0.3, -0.25) is 9.67 Å². The quantitative estimate of drug-likeness (QED) is 0.553. The zero-order chi connectivity index (χ0) is 19.6. The Labute approximate surface area is 163 Å². The highest BCUT2D eigenvalue weighted by Gasteiger charge is 2.33. The summed E-state index contributed by atoms with van der Waals surface area (Å²) in [4.78, 5) is 8.33. The molecule has 0 unspecified atom stereocenters. The molecular formula is C18H21N5O4S. The van der Waals surface area contributed by atoms with Crippen molar-refractivity contribution in [3.8, 4) is 11.4 Å². The summed E-state index contributed by atoms with van der Waals surface area (Å²) in [5.74, 6) is 0. The molecule has 0 radical (unpaired) electrons. The van der Waals surface area contributed by atoms with Crippen LogP contribution in [0.25, 0.3) is 11.4 Å². The molecule has 0 aliphatic carbocycles. The van der Waals surface area contributed by atoms with Gasteiger partial charge in [0.05, 0.1) is 0 Å². The van der Waals surface area contributed by atoms with Crippen LogP contribution < -0.4 is 0 Å². The summed E-state index contributed by atoms with van der Waals surface area (Å²) in [6.45, 7) is 1.95. The van der Waals surface area contributed by atoms with Crippen molar-refractivity contribution in [2.45, 2.75) is 30.8 Å². The van der Waals surface area contributed by atoms with E-state index in [1.54, 1.807) is 25.4 Å². The molecule has 9 nitrogen and oxygen atoms in total. The fourth-order valence-corrected chi connectivity index (χ4v) is 4.77. The van der Waals surface area contributed by atoms with Crippen LogP contribution in [0.3, 0.4) is 0 Å². The minimum absolute atomic E-state index is 0.189. The third-order valence-corrected chi connectivity index (χ3v) is 6.59. The third kappa shape index (κ3) is 3.46. The minimum Gasteiger partial charge on any atom is -0.451 e. The van der Waals surface area contributed by atoms with Crippen molar-refractivity contribution in [3.05, 3.63) is 48.4 Å². The molecule has 0 saturated heterocycles. The lowest BCUT2D eigenvalue weighted by molar-refractivity contribution is 0.188. The van der Waals surface area contributed by atoms with Gasteiger partial charge in [-0.1, -0.05) is 0 Å². The number of nitrogens with zero attached hydrogens (tertiary/aromatic N) is 5. The lowest BCUT2D eigenvalue weighted by atomic mass is 10.1. The van der Waals surface area contributed by atoms with E-state index in [1.807, 2.05) is 4.68 Å². The highest BCUT2D eigenvalue weighted by atomic mass is 32.2. The van der Waals surface area contributed by atoms with E-state index in [1.165, 1.54) is 23.2 Å². The van der Waals surface area contributed by atoms with Crippen molar-refractivity contribution in [1.29, 1.82) is 0 Å². The number of rotatable bonds is 7. The van der Waals surface area contributed by atoms with E-state index < -0.39 is 10.0 Å². The molecule has 0 spiro atoms. The van der Waals surface area contributed by atoms with Crippen LogP contribution in [-0.4, -0.2) is 52.7 Å². The van der Waals surface area contributed by atoms with Gasteiger partial charge >= 0.3 is 0 Å². The molecule has 148 valence electrons. The fraction of sp³-hybridized carbons (Fsp3) is 0.389. The Morgan fingerprint density at radius 3 is 2.96 bits per heavy atom. The number of aryl methyl sites for hydroxylation is 1. The molecule has 0 fully saturated rings. The van der Waals surface area contributed by atoms with Crippen molar-refractivity contribution < 1.29 is 17.6 Å². The maximum atomic E-state index is 13.0. The summed E-state index contributed by atoms with van der Waals surface area (Å²) in [5, 5.41) is 4.70. The number of hydrogen-bond acceptors (Lipinski definition) is 7. The number of oxazole rings is 1. The molecule has 1 aliphatic rings. The van der Waals surface area contributed by atoms with Gasteiger partial charge in [0.2, 0.25) is 10.0 Å². The monoisotopic (exact) mass is 403 g/mol. The second kappa shape index (κ2) is 7.82. The number of ether oxygens (including phenoxy) is 1. The normalized spacial score (nSPS) is 14.9. The molecule has 4 heterocycles. The highest BCUT2D eigenvalue weighted by Crippen LogP contribution is 2.31. The van der Waals surface area contributed by atoms with Gasteiger partial charge in [0.25, 0.3) is 0 Å². The molecule has 0 bridgehead atoms. The Balaban J connectivity index is 1.69. The zero-order valence-electron chi connectivity index (χ0n) is 15.5. The van der Waals surface area contributed by atoms with Gasteiger partial charge in [0.15, 0.2) is 6.39 Å². The number of fused-ring (bicyclic) bond motifs is 1. The number of hydrogen-bond donors (Lipinski definition) is 0. The molecule has 3 aromatic rings. The number of methoxy groups -OCH3 is 1. The standard InChI is InChI=1S/C18H21N5O4S/c1-26-9-3-7-23-17-5-8-22(28(24,25)14-4-2-6-19-10-14)11-15(17)18(21-23)16-12-27-13-20-16/h2,4,6,10,12-13H,3,5,7-9,11H2,1H3. The number of pyridine rings is 1.